The summed E-state index contributed by atoms with van der Waals surface area (Å²) in [5.41, 5.74) is 7.04. The molecule has 3 N–H and O–H groups in total. The summed E-state index contributed by atoms with van der Waals surface area (Å²) < 4.78 is 26.7. The number of nitrogens with two attached hydrogens (primary N) is 1. The van der Waals surface area contributed by atoms with Crippen LogP contribution in [0, 0.1) is 12.8 Å². The third kappa shape index (κ3) is 3.07. The fourth-order valence-electron chi connectivity index (χ4n) is 1.71. The fraction of sp³-hybridized carbons (Fsp3) is 0.417. The van der Waals surface area contributed by atoms with E-state index in [-0.39, 0.29) is 9.88 Å². The Hall–Kier alpha value is -0.980. The minimum absolute atomic E-state index is 0.264. The van der Waals surface area contributed by atoms with Gasteiger partial charge in [-0.2, -0.15) is 0 Å². The number of hydrogen-bond donors (Lipinski definition) is 2. The van der Waals surface area contributed by atoms with Crippen LogP contribution in [0.25, 0.3) is 0 Å². The van der Waals surface area contributed by atoms with Crippen molar-refractivity contribution in [1.82, 2.24) is 4.72 Å². The smallest absolute Gasteiger partial charge is 0.240 e. The molecule has 0 unspecified atom stereocenters. The highest BCUT2D eigenvalue weighted by Crippen LogP contribution is 2.28. The second-order valence-corrected chi connectivity index (χ2v) is 6.84. The van der Waals surface area contributed by atoms with Gasteiger partial charge in [-0.1, -0.05) is 18.3 Å². The van der Waals surface area contributed by atoms with E-state index >= 15 is 0 Å². The Kier molecular flexibility index (Phi) is 3.70. The van der Waals surface area contributed by atoms with Crippen molar-refractivity contribution < 1.29 is 8.42 Å². The third-order valence-corrected chi connectivity index (χ3v) is 4.67. The van der Waals surface area contributed by atoms with Crippen molar-refractivity contribution in [2.75, 3.05) is 6.54 Å². The van der Waals surface area contributed by atoms with E-state index < -0.39 is 10.0 Å². The number of rotatable bonds is 5. The molecule has 1 aliphatic rings. The molecule has 1 fully saturated rings. The van der Waals surface area contributed by atoms with E-state index in [1.54, 1.807) is 19.1 Å². The van der Waals surface area contributed by atoms with Crippen LogP contribution in [0.4, 0.5) is 0 Å². The lowest BCUT2D eigenvalue weighted by molar-refractivity contribution is 0.577. The maximum Gasteiger partial charge on any atom is 0.240 e. The molecule has 1 aromatic rings. The van der Waals surface area contributed by atoms with Gasteiger partial charge in [0.15, 0.2) is 0 Å². The summed E-state index contributed by atoms with van der Waals surface area (Å²) >= 11 is 4.89. The molecule has 0 aromatic heterocycles. The molecule has 4 nitrogen and oxygen atoms in total. The first-order valence-electron chi connectivity index (χ1n) is 5.80. The lowest BCUT2D eigenvalue weighted by Crippen LogP contribution is -2.26. The maximum absolute atomic E-state index is 12.0. The molecule has 98 valence electrons. The van der Waals surface area contributed by atoms with Crippen LogP contribution in [0.1, 0.15) is 24.0 Å². The maximum atomic E-state index is 12.0. The number of aryl methyl sites for hydroxylation is 1. The van der Waals surface area contributed by atoms with E-state index in [1.165, 1.54) is 6.07 Å². The Morgan fingerprint density at radius 3 is 2.67 bits per heavy atom. The van der Waals surface area contributed by atoms with Gasteiger partial charge in [0, 0.05) is 12.1 Å². The third-order valence-electron chi connectivity index (χ3n) is 3.03. The van der Waals surface area contributed by atoms with Crippen molar-refractivity contribution in [2.24, 2.45) is 11.7 Å². The van der Waals surface area contributed by atoms with Crippen LogP contribution in [0.15, 0.2) is 23.1 Å². The van der Waals surface area contributed by atoms with Crippen LogP contribution in [0.3, 0.4) is 0 Å². The number of sulfonamides is 1. The quantitative estimate of drug-likeness (QED) is 0.800. The van der Waals surface area contributed by atoms with Crippen LogP contribution in [-0.4, -0.2) is 20.0 Å². The Balaban J connectivity index is 2.21. The van der Waals surface area contributed by atoms with Gasteiger partial charge in [-0.05, 0) is 43.4 Å². The Morgan fingerprint density at radius 2 is 2.17 bits per heavy atom. The molecule has 0 aliphatic heterocycles. The monoisotopic (exact) mass is 284 g/mol. The Bertz CT molecular complexity index is 578. The number of benzene rings is 1. The van der Waals surface area contributed by atoms with Gasteiger partial charge in [-0.3, -0.25) is 0 Å². The van der Waals surface area contributed by atoms with Gasteiger partial charge in [0.1, 0.15) is 4.99 Å². The van der Waals surface area contributed by atoms with Gasteiger partial charge in [-0.25, -0.2) is 13.1 Å². The first-order valence-corrected chi connectivity index (χ1v) is 7.69. The Morgan fingerprint density at radius 1 is 1.50 bits per heavy atom. The molecular formula is C12H16N2O2S2. The summed E-state index contributed by atoms with van der Waals surface area (Å²) in [5.74, 6) is 0.511. The van der Waals surface area contributed by atoms with E-state index in [2.05, 4.69) is 4.72 Å². The molecule has 1 aromatic carbocycles. The predicted octanol–water partition coefficient (Wildman–Crippen LogP) is 1.32. The minimum Gasteiger partial charge on any atom is -0.389 e. The second kappa shape index (κ2) is 4.95. The van der Waals surface area contributed by atoms with Crippen molar-refractivity contribution in [1.29, 1.82) is 0 Å². The van der Waals surface area contributed by atoms with Gasteiger partial charge in [0.25, 0.3) is 0 Å². The molecular weight excluding hydrogens is 268 g/mol. The SMILES string of the molecule is Cc1cc(S(=O)(=O)NCC2CC2)ccc1C(N)=S. The van der Waals surface area contributed by atoms with Crippen LogP contribution in [-0.2, 0) is 10.0 Å². The van der Waals surface area contributed by atoms with Crippen LogP contribution >= 0.6 is 12.2 Å². The molecule has 0 bridgehead atoms. The van der Waals surface area contributed by atoms with E-state index in [0.29, 0.717) is 18.0 Å². The molecule has 0 saturated heterocycles. The molecule has 0 atom stereocenters. The Labute approximate surface area is 113 Å². The average Bonchev–Trinajstić information content (AvgIpc) is 3.09. The minimum atomic E-state index is -3.41. The van der Waals surface area contributed by atoms with Crippen molar-refractivity contribution in [3.05, 3.63) is 29.3 Å². The van der Waals surface area contributed by atoms with Gasteiger partial charge in [0.2, 0.25) is 10.0 Å². The largest absolute Gasteiger partial charge is 0.389 e. The van der Waals surface area contributed by atoms with Crippen molar-refractivity contribution in [2.45, 2.75) is 24.7 Å². The first-order chi connectivity index (χ1) is 8.40. The molecule has 0 radical (unpaired) electrons. The summed E-state index contributed by atoms with van der Waals surface area (Å²) in [5, 5.41) is 0. The van der Waals surface area contributed by atoms with Crippen molar-refractivity contribution >= 4 is 27.2 Å². The molecule has 1 saturated carbocycles. The highest BCUT2D eigenvalue weighted by Gasteiger charge is 2.24. The zero-order chi connectivity index (χ0) is 13.3. The lowest BCUT2D eigenvalue weighted by atomic mass is 10.1. The standard InChI is InChI=1S/C12H16N2O2S2/c1-8-6-10(4-5-11(8)12(13)17)18(15,16)14-7-9-2-3-9/h4-6,9,14H,2-3,7H2,1H3,(H2,13,17). The average molecular weight is 284 g/mol. The second-order valence-electron chi connectivity index (χ2n) is 4.64. The van der Waals surface area contributed by atoms with E-state index in [9.17, 15) is 8.42 Å². The summed E-state index contributed by atoms with van der Waals surface area (Å²) in [6.07, 6.45) is 2.23. The van der Waals surface area contributed by atoms with Gasteiger partial charge < -0.3 is 5.73 Å². The zero-order valence-corrected chi connectivity index (χ0v) is 11.8. The van der Waals surface area contributed by atoms with Gasteiger partial charge in [-0.15, -0.1) is 0 Å². The first kappa shape index (κ1) is 13.5. The van der Waals surface area contributed by atoms with Crippen molar-refractivity contribution in [3.8, 4) is 0 Å². The number of nitrogens with one attached hydrogen (secondary N) is 1. The predicted molar refractivity (Wildman–Crippen MR) is 75.0 cm³/mol. The van der Waals surface area contributed by atoms with Gasteiger partial charge >= 0.3 is 0 Å². The molecule has 0 amide bonds. The molecule has 1 aliphatic carbocycles. The summed E-state index contributed by atoms with van der Waals surface area (Å²) in [6, 6.07) is 4.80. The normalized spacial score (nSPS) is 15.6. The van der Waals surface area contributed by atoms with Crippen LogP contribution in [0.5, 0.6) is 0 Å². The lowest BCUT2D eigenvalue weighted by Gasteiger charge is -2.09. The molecule has 18 heavy (non-hydrogen) atoms. The van der Waals surface area contributed by atoms with E-state index in [0.717, 1.165) is 18.4 Å². The number of thiocarbonyl (C=S) groups is 1. The highest BCUT2D eigenvalue weighted by molar-refractivity contribution is 7.89. The molecule has 0 spiro atoms. The van der Waals surface area contributed by atoms with Crippen LogP contribution < -0.4 is 10.5 Å². The zero-order valence-electron chi connectivity index (χ0n) is 10.1. The molecule has 0 heterocycles. The molecule has 6 heteroatoms. The topological polar surface area (TPSA) is 72.2 Å². The molecule has 2 rings (SSSR count). The summed E-state index contributed by atoms with van der Waals surface area (Å²) in [6.45, 7) is 2.33. The summed E-state index contributed by atoms with van der Waals surface area (Å²) in [7, 11) is -3.41. The van der Waals surface area contributed by atoms with E-state index in [1.807, 2.05) is 0 Å². The highest BCUT2D eigenvalue weighted by atomic mass is 32.2. The van der Waals surface area contributed by atoms with E-state index in [4.69, 9.17) is 18.0 Å². The van der Waals surface area contributed by atoms with Crippen molar-refractivity contribution in [3.63, 3.8) is 0 Å². The van der Waals surface area contributed by atoms with Gasteiger partial charge in [0.05, 0.1) is 4.90 Å². The van der Waals surface area contributed by atoms with Crippen LogP contribution in [0.2, 0.25) is 0 Å². The fourth-order valence-corrected chi connectivity index (χ4v) is 3.14. The summed E-state index contributed by atoms with van der Waals surface area (Å²) in [4.78, 5) is 0.544. The number of hydrogen-bond acceptors (Lipinski definition) is 3.